The summed E-state index contributed by atoms with van der Waals surface area (Å²) in [5.74, 6) is -1.35. The molecule has 0 heterocycles. The lowest BCUT2D eigenvalue weighted by Crippen LogP contribution is -2.35. The van der Waals surface area contributed by atoms with Crippen molar-refractivity contribution < 1.29 is 15.0 Å². The number of hydrogen-bond donors (Lipinski definition) is 2. The maximum atomic E-state index is 10.5. The molecule has 1 aliphatic carbocycles. The molecule has 0 aromatic carbocycles. The Bertz CT molecular complexity index is 278. The zero-order chi connectivity index (χ0) is 9.90. The van der Waals surface area contributed by atoms with Gasteiger partial charge in [0.25, 0.3) is 0 Å². The minimum atomic E-state index is -1.22. The highest BCUT2D eigenvalue weighted by atomic mass is 16.4. The second-order valence-electron chi connectivity index (χ2n) is 3.04. The molecule has 0 saturated carbocycles. The van der Waals surface area contributed by atoms with Crippen LogP contribution >= 0.6 is 0 Å². The molecule has 0 saturated heterocycles. The van der Waals surface area contributed by atoms with E-state index in [4.69, 9.17) is 5.11 Å². The molecule has 2 N–H and O–H groups in total. The standard InChI is InChI=1S/C10H12O3/c1-2-10(13)6-4-3-5-8(10)7-9(11)12/h2-6,8,13H,1,7H2,(H,11,12). The molecular weight excluding hydrogens is 168 g/mol. The molecule has 2 atom stereocenters. The summed E-state index contributed by atoms with van der Waals surface area (Å²) in [6.45, 7) is 3.49. The number of carbonyl (C=O) groups is 1. The summed E-state index contributed by atoms with van der Waals surface area (Å²) < 4.78 is 0. The summed E-state index contributed by atoms with van der Waals surface area (Å²) >= 11 is 0. The Hall–Kier alpha value is -1.35. The quantitative estimate of drug-likeness (QED) is 0.640. The van der Waals surface area contributed by atoms with Crippen molar-refractivity contribution in [2.45, 2.75) is 12.0 Å². The predicted octanol–water partition coefficient (Wildman–Crippen LogP) is 1.12. The van der Waals surface area contributed by atoms with Crippen molar-refractivity contribution >= 4 is 5.97 Å². The van der Waals surface area contributed by atoms with Crippen LogP contribution in [0.5, 0.6) is 0 Å². The molecule has 3 nitrogen and oxygen atoms in total. The van der Waals surface area contributed by atoms with Gasteiger partial charge in [-0.15, -0.1) is 0 Å². The maximum absolute atomic E-state index is 10.5. The fraction of sp³-hybridized carbons (Fsp3) is 0.300. The van der Waals surface area contributed by atoms with Crippen molar-refractivity contribution in [3.8, 4) is 0 Å². The van der Waals surface area contributed by atoms with Crippen LogP contribution in [0.25, 0.3) is 0 Å². The van der Waals surface area contributed by atoms with Crippen molar-refractivity contribution in [1.82, 2.24) is 0 Å². The average Bonchev–Trinajstić information content (AvgIpc) is 2.09. The highest BCUT2D eigenvalue weighted by molar-refractivity contribution is 5.68. The first-order chi connectivity index (χ1) is 6.08. The van der Waals surface area contributed by atoms with Gasteiger partial charge >= 0.3 is 5.97 Å². The summed E-state index contributed by atoms with van der Waals surface area (Å²) in [5.41, 5.74) is -1.22. The smallest absolute Gasteiger partial charge is 0.304 e. The number of rotatable bonds is 3. The zero-order valence-electron chi connectivity index (χ0n) is 7.18. The van der Waals surface area contributed by atoms with E-state index in [1.54, 1.807) is 24.3 Å². The number of hydrogen-bond acceptors (Lipinski definition) is 2. The number of allylic oxidation sites excluding steroid dienone is 2. The van der Waals surface area contributed by atoms with E-state index in [0.29, 0.717) is 0 Å². The highest BCUT2D eigenvalue weighted by Gasteiger charge is 2.32. The summed E-state index contributed by atoms with van der Waals surface area (Å²) in [4.78, 5) is 10.5. The number of carboxylic acid groups (broad SMARTS) is 1. The lowest BCUT2D eigenvalue weighted by Gasteiger charge is -2.29. The third kappa shape index (κ3) is 2.06. The van der Waals surface area contributed by atoms with E-state index in [9.17, 15) is 9.90 Å². The molecule has 0 radical (unpaired) electrons. The Morgan fingerprint density at radius 2 is 2.31 bits per heavy atom. The van der Waals surface area contributed by atoms with Crippen LogP contribution in [0.1, 0.15) is 6.42 Å². The summed E-state index contributed by atoms with van der Waals surface area (Å²) in [6.07, 6.45) is 7.90. The topological polar surface area (TPSA) is 57.5 Å². The fourth-order valence-electron chi connectivity index (χ4n) is 1.32. The van der Waals surface area contributed by atoms with Crippen LogP contribution in [0.3, 0.4) is 0 Å². The van der Waals surface area contributed by atoms with Crippen LogP contribution in [-0.2, 0) is 4.79 Å². The summed E-state index contributed by atoms with van der Waals surface area (Å²) in [7, 11) is 0. The van der Waals surface area contributed by atoms with Crippen LogP contribution in [-0.4, -0.2) is 21.8 Å². The predicted molar refractivity (Wildman–Crippen MR) is 49.2 cm³/mol. The van der Waals surface area contributed by atoms with Gasteiger partial charge in [-0.3, -0.25) is 4.79 Å². The van der Waals surface area contributed by atoms with E-state index in [2.05, 4.69) is 6.58 Å². The lowest BCUT2D eigenvalue weighted by atomic mass is 9.82. The molecule has 0 aromatic rings. The molecule has 70 valence electrons. The largest absolute Gasteiger partial charge is 0.481 e. The van der Waals surface area contributed by atoms with Crippen LogP contribution < -0.4 is 0 Å². The molecule has 2 unspecified atom stereocenters. The van der Waals surface area contributed by atoms with Crippen LogP contribution in [0.2, 0.25) is 0 Å². The molecule has 0 bridgehead atoms. The van der Waals surface area contributed by atoms with Crippen molar-refractivity contribution in [2.75, 3.05) is 0 Å². The third-order valence-electron chi connectivity index (χ3n) is 2.13. The van der Waals surface area contributed by atoms with Gasteiger partial charge < -0.3 is 10.2 Å². The Balaban J connectivity index is 2.82. The molecule has 3 heteroatoms. The van der Waals surface area contributed by atoms with E-state index < -0.39 is 17.5 Å². The van der Waals surface area contributed by atoms with Gasteiger partial charge in [-0.1, -0.05) is 30.9 Å². The van der Waals surface area contributed by atoms with Gasteiger partial charge in [0, 0.05) is 5.92 Å². The number of aliphatic carboxylic acids is 1. The molecule has 1 aliphatic rings. The minimum Gasteiger partial charge on any atom is -0.481 e. The summed E-state index contributed by atoms with van der Waals surface area (Å²) in [6, 6.07) is 0. The minimum absolute atomic E-state index is 0.0939. The summed E-state index contributed by atoms with van der Waals surface area (Å²) in [5, 5.41) is 18.5. The van der Waals surface area contributed by atoms with Gasteiger partial charge in [0.15, 0.2) is 0 Å². The van der Waals surface area contributed by atoms with Gasteiger partial charge in [-0.2, -0.15) is 0 Å². The van der Waals surface area contributed by atoms with Crippen LogP contribution in [0, 0.1) is 5.92 Å². The van der Waals surface area contributed by atoms with E-state index >= 15 is 0 Å². The van der Waals surface area contributed by atoms with E-state index in [-0.39, 0.29) is 6.42 Å². The Morgan fingerprint density at radius 3 is 2.85 bits per heavy atom. The molecular formula is C10H12O3. The van der Waals surface area contributed by atoms with E-state index in [1.165, 1.54) is 6.08 Å². The first kappa shape index (κ1) is 9.74. The fourth-order valence-corrected chi connectivity index (χ4v) is 1.32. The zero-order valence-corrected chi connectivity index (χ0v) is 7.18. The Labute approximate surface area is 76.7 Å². The van der Waals surface area contributed by atoms with Gasteiger partial charge in [0.2, 0.25) is 0 Å². The third-order valence-corrected chi connectivity index (χ3v) is 2.13. The first-order valence-corrected chi connectivity index (χ1v) is 4.02. The van der Waals surface area contributed by atoms with E-state index in [0.717, 1.165) is 0 Å². The monoisotopic (exact) mass is 180 g/mol. The second kappa shape index (κ2) is 3.58. The molecule has 0 spiro atoms. The van der Waals surface area contributed by atoms with Gasteiger partial charge in [-0.05, 0) is 6.08 Å². The molecule has 0 aromatic heterocycles. The SMILES string of the molecule is C=CC1(O)C=CC=CC1CC(=O)O. The lowest BCUT2D eigenvalue weighted by molar-refractivity contribution is -0.138. The molecule has 13 heavy (non-hydrogen) atoms. The van der Waals surface area contributed by atoms with E-state index in [1.807, 2.05) is 0 Å². The second-order valence-corrected chi connectivity index (χ2v) is 3.04. The van der Waals surface area contributed by atoms with Gasteiger partial charge in [0.05, 0.1) is 6.42 Å². The highest BCUT2D eigenvalue weighted by Crippen LogP contribution is 2.28. The van der Waals surface area contributed by atoms with Crippen molar-refractivity contribution in [3.63, 3.8) is 0 Å². The van der Waals surface area contributed by atoms with Crippen LogP contribution in [0.15, 0.2) is 37.0 Å². The normalized spacial score (nSPS) is 31.6. The van der Waals surface area contributed by atoms with Crippen molar-refractivity contribution in [1.29, 1.82) is 0 Å². The molecule has 0 fully saturated rings. The first-order valence-electron chi connectivity index (χ1n) is 4.02. The van der Waals surface area contributed by atoms with Crippen LogP contribution in [0.4, 0.5) is 0 Å². The molecule has 0 amide bonds. The van der Waals surface area contributed by atoms with Crippen molar-refractivity contribution in [3.05, 3.63) is 37.0 Å². The maximum Gasteiger partial charge on any atom is 0.304 e. The number of aliphatic hydroxyl groups is 1. The Morgan fingerprint density at radius 1 is 1.62 bits per heavy atom. The van der Waals surface area contributed by atoms with Gasteiger partial charge in [-0.25, -0.2) is 0 Å². The Kier molecular flexibility index (Phi) is 2.68. The van der Waals surface area contributed by atoms with Crippen molar-refractivity contribution in [2.24, 2.45) is 5.92 Å². The number of carboxylic acids is 1. The van der Waals surface area contributed by atoms with Gasteiger partial charge in [0.1, 0.15) is 5.60 Å². The molecule has 1 rings (SSSR count). The molecule has 0 aliphatic heterocycles. The average molecular weight is 180 g/mol.